The average molecular weight is 411 g/mol. The minimum atomic E-state index is -1.34. The van der Waals surface area contributed by atoms with Gasteiger partial charge in [-0.15, -0.1) is 5.54 Å². The molecule has 2 aromatic carbocycles. The molecule has 0 amide bonds. The van der Waals surface area contributed by atoms with E-state index < -0.39 is 8.07 Å². The normalized spacial score (nSPS) is 11.3. The van der Waals surface area contributed by atoms with E-state index in [1.807, 2.05) is 0 Å². The van der Waals surface area contributed by atoms with Crippen LogP contribution in [-0.4, -0.2) is 26.4 Å². The molecule has 0 fully saturated rings. The fourth-order valence-corrected chi connectivity index (χ4v) is 3.81. The predicted molar refractivity (Wildman–Crippen MR) is 128 cm³/mol. The lowest BCUT2D eigenvalue weighted by Crippen LogP contribution is -2.16. The highest BCUT2D eigenvalue weighted by Gasteiger charge is 2.07. The molecule has 158 valence electrons. The van der Waals surface area contributed by atoms with Crippen LogP contribution in [0.4, 0.5) is 0 Å². The molecule has 0 aliphatic heterocycles. The van der Waals surface area contributed by atoms with Crippen molar-refractivity contribution in [1.29, 1.82) is 0 Å². The summed E-state index contributed by atoms with van der Waals surface area (Å²) in [6.45, 7) is 7.94. The summed E-state index contributed by atoms with van der Waals surface area (Å²) < 4.78 is 5.96. The Bertz CT molecular complexity index is 796. The van der Waals surface area contributed by atoms with Gasteiger partial charge in [0.15, 0.2) is 0 Å². The molecule has 2 nitrogen and oxygen atoms in total. The maximum atomic E-state index is 8.76. The monoisotopic (exact) mass is 410 g/mol. The first-order valence-electron chi connectivity index (χ1n) is 11.3. The molecule has 0 unspecified atom stereocenters. The highest BCUT2D eigenvalue weighted by molar-refractivity contribution is 6.83. The summed E-state index contributed by atoms with van der Waals surface area (Å²) >= 11 is 0. The molecule has 3 heteroatoms. The number of aliphatic hydroxyl groups is 1. The third kappa shape index (κ3) is 10.0. The van der Waals surface area contributed by atoms with Crippen molar-refractivity contribution < 1.29 is 9.84 Å². The summed E-state index contributed by atoms with van der Waals surface area (Å²) in [5, 5.41) is 11.2. The maximum Gasteiger partial charge on any atom is 0.129 e. The van der Waals surface area contributed by atoms with E-state index in [9.17, 15) is 0 Å². The SMILES string of the molecule is C[Si](C)(C)C#Cc1ccc2cc(OCCCCCCCCCCCO)ccc2c1. The second kappa shape index (κ2) is 12.7. The highest BCUT2D eigenvalue weighted by atomic mass is 28.3. The van der Waals surface area contributed by atoms with Gasteiger partial charge in [-0.05, 0) is 47.9 Å². The van der Waals surface area contributed by atoms with Crippen molar-refractivity contribution in [1.82, 2.24) is 0 Å². The number of hydrogen-bond acceptors (Lipinski definition) is 2. The summed E-state index contributed by atoms with van der Waals surface area (Å²) in [4.78, 5) is 0. The topological polar surface area (TPSA) is 29.5 Å². The van der Waals surface area contributed by atoms with Crippen molar-refractivity contribution >= 4 is 18.8 Å². The molecule has 0 atom stereocenters. The highest BCUT2D eigenvalue weighted by Crippen LogP contribution is 2.22. The van der Waals surface area contributed by atoms with Crippen LogP contribution in [0.5, 0.6) is 5.75 Å². The van der Waals surface area contributed by atoms with Crippen molar-refractivity contribution in [2.24, 2.45) is 0 Å². The summed E-state index contributed by atoms with van der Waals surface area (Å²) in [6.07, 6.45) is 11.0. The molecule has 0 saturated carbocycles. The van der Waals surface area contributed by atoms with Crippen LogP contribution in [0.3, 0.4) is 0 Å². The summed E-state index contributed by atoms with van der Waals surface area (Å²) in [5.74, 6) is 4.30. The summed E-state index contributed by atoms with van der Waals surface area (Å²) in [6, 6.07) is 12.8. The van der Waals surface area contributed by atoms with Gasteiger partial charge < -0.3 is 9.84 Å². The Morgan fingerprint density at radius 1 is 0.759 bits per heavy atom. The van der Waals surface area contributed by atoms with Crippen molar-refractivity contribution in [3.63, 3.8) is 0 Å². The fraction of sp³-hybridized carbons (Fsp3) is 0.538. The van der Waals surface area contributed by atoms with Crippen molar-refractivity contribution in [2.45, 2.75) is 77.4 Å². The quantitative estimate of drug-likeness (QED) is 0.233. The van der Waals surface area contributed by atoms with Gasteiger partial charge in [-0.1, -0.05) is 82.6 Å². The lowest BCUT2D eigenvalue weighted by molar-refractivity contribution is 0.282. The second-order valence-corrected chi connectivity index (χ2v) is 13.7. The van der Waals surface area contributed by atoms with E-state index in [1.165, 1.54) is 55.7 Å². The van der Waals surface area contributed by atoms with Gasteiger partial charge in [0, 0.05) is 12.2 Å². The average Bonchev–Trinajstić information content (AvgIpc) is 2.70. The van der Waals surface area contributed by atoms with E-state index in [0.717, 1.165) is 30.8 Å². The molecule has 0 radical (unpaired) electrons. The lowest BCUT2D eigenvalue weighted by Gasteiger charge is -2.08. The maximum absolute atomic E-state index is 8.76. The fourth-order valence-electron chi connectivity index (χ4n) is 3.29. The molecular formula is C26H38O2Si. The number of aliphatic hydroxyl groups excluding tert-OH is 1. The Morgan fingerprint density at radius 2 is 1.34 bits per heavy atom. The number of unbranched alkanes of at least 4 members (excludes halogenated alkanes) is 8. The number of fused-ring (bicyclic) bond motifs is 1. The third-order valence-corrected chi connectivity index (χ3v) is 5.84. The van der Waals surface area contributed by atoms with E-state index >= 15 is 0 Å². The zero-order valence-electron chi connectivity index (χ0n) is 18.6. The van der Waals surface area contributed by atoms with Crippen LogP contribution in [0.25, 0.3) is 10.8 Å². The Hall–Kier alpha value is -1.76. The Morgan fingerprint density at radius 3 is 2.00 bits per heavy atom. The van der Waals surface area contributed by atoms with Crippen molar-refractivity contribution in [2.75, 3.05) is 13.2 Å². The zero-order valence-corrected chi connectivity index (χ0v) is 19.6. The standard InChI is InChI=1S/C26H38O2Si/c1-29(2,3)20-17-23-13-14-25-22-26(16-15-24(25)21-23)28-19-12-10-8-6-4-5-7-9-11-18-27/h13-16,21-22,27H,4-12,18-19H2,1-3H3. The van der Waals surface area contributed by atoms with Gasteiger partial charge in [0.25, 0.3) is 0 Å². The number of rotatable bonds is 12. The molecule has 0 spiro atoms. The van der Waals surface area contributed by atoms with E-state index in [-0.39, 0.29) is 0 Å². The summed E-state index contributed by atoms with van der Waals surface area (Å²) in [7, 11) is -1.34. The van der Waals surface area contributed by atoms with Gasteiger partial charge in [-0.3, -0.25) is 0 Å². The molecule has 2 rings (SSSR count). The van der Waals surface area contributed by atoms with E-state index in [2.05, 4.69) is 67.5 Å². The van der Waals surface area contributed by atoms with E-state index in [0.29, 0.717) is 6.61 Å². The smallest absolute Gasteiger partial charge is 0.129 e. The molecule has 2 aromatic rings. The van der Waals surface area contributed by atoms with Crippen LogP contribution in [0.2, 0.25) is 19.6 Å². The van der Waals surface area contributed by atoms with Crippen LogP contribution in [0, 0.1) is 11.5 Å². The van der Waals surface area contributed by atoms with Gasteiger partial charge in [-0.2, -0.15) is 0 Å². The molecule has 0 heterocycles. The van der Waals surface area contributed by atoms with E-state index in [4.69, 9.17) is 9.84 Å². The molecule has 0 bridgehead atoms. The van der Waals surface area contributed by atoms with Gasteiger partial charge >= 0.3 is 0 Å². The number of ether oxygens (including phenoxy) is 1. The molecule has 0 aliphatic rings. The third-order valence-electron chi connectivity index (χ3n) is 4.96. The van der Waals surface area contributed by atoms with Gasteiger partial charge in [0.2, 0.25) is 0 Å². The van der Waals surface area contributed by atoms with Crippen LogP contribution in [0.15, 0.2) is 36.4 Å². The minimum absolute atomic E-state index is 0.339. The van der Waals surface area contributed by atoms with Crippen LogP contribution >= 0.6 is 0 Å². The van der Waals surface area contributed by atoms with E-state index in [1.54, 1.807) is 0 Å². The number of hydrogen-bond donors (Lipinski definition) is 1. The van der Waals surface area contributed by atoms with Gasteiger partial charge in [0.05, 0.1) is 6.61 Å². The van der Waals surface area contributed by atoms with Crippen LogP contribution in [-0.2, 0) is 0 Å². The first kappa shape index (κ1) is 23.5. The molecule has 0 aromatic heterocycles. The Balaban J connectivity index is 1.68. The van der Waals surface area contributed by atoms with Gasteiger partial charge in [-0.25, -0.2) is 0 Å². The van der Waals surface area contributed by atoms with Crippen LogP contribution < -0.4 is 4.74 Å². The largest absolute Gasteiger partial charge is 0.494 e. The molecule has 29 heavy (non-hydrogen) atoms. The second-order valence-electron chi connectivity index (χ2n) is 8.98. The first-order chi connectivity index (χ1) is 14.0. The van der Waals surface area contributed by atoms with Crippen molar-refractivity contribution in [3.8, 4) is 17.2 Å². The molecule has 0 aliphatic carbocycles. The molecule has 0 saturated heterocycles. The molecule has 1 N–H and O–H groups in total. The Labute approximate surface area is 178 Å². The predicted octanol–water partition coefficient (Wildman–Crippen LogP) is 6.95. The Kier molecular flexibility index (Phi) is 10.3. The first-order valence-corrected chi connectivity index (χ1v) is 14.8. The molecular weight excluding hydrogens is 372 g/mol. The minimum Gasteiger partial charge on any atom is -0.494 e. The lowest BCUT2D eigenvalue weighted by atomic mass is 10.1. The number of benzene rings is 2. The van der Waals surface area contributed by atoms with Crippen molar-refractivity contribution in [3.05, 3.63) is 42.0 Å². The zero-order chi connectivity index (χ0) is 21.0. The van der Waals surface area contributed by atoms with Gasteiger partial charge in [0.1, 0.15) is 13.8 Å². The van der Waals surface area contributed by atoms with Crippen LogP contribution in [0.1, 0.15) is 63.4 Å². The summed E-state index contributed by atoms with van der Waals surface area (Å²) in [5.41, 5.74) is 4.53.